The van der Waals surface area contributed by atoms with Crippen LogP contribution in [0.2, 0.25) is 0 Å². The summed E-state index contributed by atoms with van der Waals surface area (Å²) in [5, 5.41) is 2.87. The molecule has 2 aliphatic heterocycles. The number of halogens is 3. The number of carbonyl (C=O) groups is 2. The zero-order valence-electron chi connectivity index (χ0n) is 21.2. The molecule has 2 aliphatic rings. The molecule has 7 nitrogen and oxygen atoms in total. The monoisotopic (exact) mass is 524 g/mol. The summed E-state index contributed by atoms with van der Waals surface area (Å²) in [6, 6.07) is 10.9. The number of hydrogen-bond acceptors (Lipinski definition) is 4. The number of nitrogens with zero attached hydrogens (tertiary/aromatic N) is 2. The van der Waals surface area contributed by atoms with E-state index >= 15 is 0 Å². The van der Waals surface area contributed by atoms with Crippen LogP contribution >= 0.6 is 0 Å². The summed E-state index contributed by atoms with van der Waals surface area (Å²) in [7, 11) is 2.03. The van der Waals surface area contributed by atoms with Crippen molar-refractivity contribution in [3.8, 4) is 16.9 Å². The first-order valence-corrected chi connectivity index (χ1v) is 12.2. The van der Waals surface area contributed by atoms with E-state index in [1.54, 1.807) is 18.2 Å². The minimum Gasteiger partial charge on any atom is -0.406 e. The number of aromatic nitrogens is 1. The van der Waals surface area contributed by atoms with Gasteiger partial charge in [0.25, 0.3) is 11.8 Å². The summed E-state index contributed by atoms with van der Waals surface area (Å²) in [6.07, 6.45) is -3.05. The van der Waals surface area contributed by atoms with E-state index in [4.69, 9.17) is 0 Å². The number of piperazine rings is 1. The summed E-state index contributed by atoms with van der Waals surface area (Å²) in [6.45, 7) is 6.64. The summed E-state index contributed by atoms with van der Waals surface area (Å²) >= 11 is 0. The summed E-state index contributed by atoms with van der Waals surface area (Å²) in [5.41, 5.74) is 5.69. The van der Waals surface area contributed by atoms with Crippen molar-refractivity contribution >= 4 is 29.2 Å². The molecule has 0 spiro atoms. The fraction of sp³-hybridized carbons (Fsp3) is 0.286. The molecule has 0 atom stereocenters. The maximum Gasteiger partial charge on any atom is 0.573 e. The second-order valence-electron chi connectivity index (χ2n) is 9.57. The van der Waals surface area contributed by atoms with Gasteiger partial charge in [-0.25, -0.2) is 0 Å². The molecule has 3 aromatic rings. The third kappa shape index (κ3) is 4.91. The van der Waals surface area contributed by atoms with E-state index in [-0.39, 0.29) is 17.6 Å². The molecular formula is C28H27F3N4O3. The van der Waals surface area contributed by atoms with Crippen LogP contribution in [0, 0.1) is 13.8 Å². The number of hydrogen-bond donors (Lipinski definition) is 2. The van der Waals surface area contributed by atoms with Crippen LogP contribution in [-0.4, -0.2) is 66.2 Å². The second-order valence-corrected chi connectivity index (χ2v) is 9.57. The molecule has 5 rings (SSSR count). The maximum atomic E-state index is 13.3. The molecule has 0 unspecified atom stereocenters. The van der Waals surface area contributed by atoms with Gasteiger partial charge in [-0.2, -0.15) is 0 Å². The number of anilines is 1. The number of ether oxygens (including phenoxy) is 1. The Bertz CT molecular complexity index is 1430. The molecular weight excluding hydrogens is 497 g/mol. The molecule has 10 heteroatoms. The van der Waals surface area contributed by atoms with Crippen LogP contribution in [0.5, 0.6) is 5.75 Å². The topological polar surface area (TPSA) is 77.7 Å². The lowest BCUT2D eigenvalue weighted by Crippen LogP contribution is -2.47. The number of aryl methyl sites for hydroxylation is 1. The average Bonchev–Trinajstić information content (AvgIpc) is 3.33. The minimum absolute atomic E-state index is 0.0351. The first-order chi connectivity index (χ1) is 18.0. The van der Waals surface area contributed by atoms with E-state index in [9.17, 15) is 22.8 Å². The van der Waals surface area contributed by atoms with Crippen molar-refractivity contribution in [1.29, 1.82) is 0 Å². The van der Waals surface area contributed by atoms with Crippen LogP contribution < -0.4 is 10.1 Å². The van der Waals surface area contributed by atoms with Gasteiger partial charge < -0.3 is 24.8 Å². The van der Waals surface area contributed by atoms with Crippen LogP contribution in [-0.2, 0) is 4.79 Å². The van der Waals surface area contributed by atoms with Gasteiger partial charge in [-0.3, -0.25) is 9.59 Å². The Morgan fingerprint density at radius 2 is 1.71 bits per heavy atom. The van der Waals surface area contributed by atoms with Crippen molar-refractivity contribution in [2.45, 2.75) is 20.2 Å². The quantitative estimate of drug-likeness (QED) is 0.467. The smallest absolute Gasteiger partial charge is 0.406 e. The third-order valence-corrected chi connectivity index (χ3v) is 6.99. The van der Waals surface area contributed by atoms with Gasteiger partial charge in [0.1, 0.15) is 5.75 Å². The Balaban J connectivity index is 1.50. The highest BCUT2D eigenvalue weighted by Gasteiger charge is 2.32. The lowest BCUT2D eigenvalue weighted by Gasteiger charge is -2.32. The normalized spacial score (nSPS) is 17.1. The average molecular weight is 525 g/mol. The minimum atomic E-state index is -4.78. The Kier molecular flexibility index (Phi) is 6.52. The number of aromatic amines is 1. The first kappa shape index (κ1) is 25.6. The van der Waals surface area contributed by atoms with Crippen molar-refractivity contribution in [1.82, 2.24) is 14.8 Å². The number of rotatable bonds is 4. The molecule has 2 N–H and O–H groups in total. The molecule has 0 bridgehead atoms. The molecule has 0 radical (unpaired) electrons. The molecule has 0 aliphatic carbocycles. The van der Waals surface area contributed by atoms with Crippen molar-refractivity contribution < 1.29 is 27.5 Å². The lowest BCUT2D eigenvalue weighted by molar-refractivity contribution is -0.274. The van der Waals surface area contributed by atoms with E-state index in [0.29, 0.717) is 52.3 Å². The molecule has 0 saturated carbocycles. The Morgan fingerprint density at radius 1 is 1.03 bits per heavy atom. The van der Waals surface area contributed by atoms with Gasteiger partial charge in [-0.05, 0) is 61.9 Å². The van der Waals surface area contributed by atoms with Crippen molar-refractivity contribution in [3.05, 3.63) is 70.5 Å². The van der Waals surface area contributed by atoms with Gasteiger partial charge in [0.15, 0.2) is 0 Å². The van der Waals surface area contributed by atoms with E-state index in [0.717, 1.165) is 24.3 Å². The number of H-pyrrole nitrogens is 1. The second kappa shape index (κ2) is 9.68. The highest BCUT2D eigenvalue weighted by molar-refractivity contribution is 6.36. The van der Waals surface area contributed by atoms with E-state index in [2.05, 4.69) is 19.9 Å². The lowest BCUT2D eigenvalue weighted by atomic mass is 9.94. The molecule has 1 saturated heterocycles. The van der Waals surface area contributed by atoms with Crippen LogP contribution in [0.15, 0.2) is 42.5 Å². The van der Waals surface area contributed by atoms with Crippen LogP contribution in [0.3, 0.4) is 0 Å². The van der Waals surface area contributed by atoms with Crippen LogP contribution in [0.1, 0.15) is 32.9 Å². The van der Waals surface area contributed by atoms with E-state index in [1.807, 2.05) is 31.9 Å². The predicted molar refractivity (Wildman–Crippen MR) is 139 cm³/mol. The number of amides is 2. The van der Waals surface area contributed by atoms with Crippen molar-refractivity contribution in [2.75, 3.05) is 38.5 Å². The maximum absolute atomic E-state index is 13.3. The summed E-state index contributed by atoms with van der Waals surface area (Å²) in [5.74, 6) is -0.663. The van der Waals surface area contributed by atoms with Gasteiger partial charge in [0.2, 0.25) is 0 Å². The number of alkyl halides is 3. The van der Waals surface area contributed by atoms with E-state index < -0.39 is 6.36 Å². The number of carbonyl (C=O) groups excluding carboxylic acids is 2. The van der Waals surface area contributed by atoms with Crippen LogP contribution in [0.25, 0.3) is 22.8 Å². The first-order valence-electron chi connectivity index (χ1n) is 12.2. The molecule has 2 amide bonds. The number of nitrogens with one attached hydrogen (secondary N) is 2. The number of fused-ring (bicyclic) bond motifs is 1. The van der Waals surface area contributed by atoms with Gasteiger partial charge in [-0.1, -0.05) is 24.3 Å². The number of benzene rings is 2. The molecule has 1 aromatic heterocycles. The molecule has 3 heterocycles. The molecule has 1 fully saturated rings. The fourth-order valence-electron chi connectivity index (χ4n) is 5.02. The van der Waals surface area contributed by atoms with Gasteiger partial charge >= 0.3 is 6.36 Å². The van der Waals surface area contributed by atoms with Crippen LogP contribution in [0.4, 0.5) is 18.9 Å². The van der Waals surface area contributed by atoms with Crippen molar-refractivity contribution in [2.24, 2.45) is 0 Å². The summed E-state index contributed by atoms with van der Waals surface area (Å²) in [4.78, 5) is 33.7. The molecule has 38 heavy (non-hydrogen) atoms. The van der Waals surface area contributed by atoms with Gasteiger partial charge in [-0.15, -0.1) is 13.2 Å². The standard InChI is InChI=1S/C28H27F3N4O3/c1-16-23(32-17(2)24(16)27(37)35-13-11-34(3)12-14-35)15-21-25-20(5-4-6-22(25)33-26(21)36)18-7-9-19(10-8-18)38-28(29,30)31/h4-10,15,32H,11-14H2,1-3H3,(H,33,36)/b21-15-. The Hall–Kier alpha value is -4.05. The highest BCUT2D eigenvalue weighted by Crippen LogP contribution is 2.41. The molecule has 198 valence electrons. The zero-order valence-corrected chi connectivity index (χ0v) is 21.2. The van der Waals surface area contributed by atoms with Gasteiger partial charge in [0.05, 0.1) is 11.1 Å². The molecule has 2 aromatic carbocycles. The third-order valence-electron chi connectivity index (χ3n) is 6.99. The van der Waals surface area contributed by atoms with Gasteiger partial charge in [0, 0.05) is 48.8 Å². The summed E-state index contributed by atoms with van der Waals surface area (Å²) < 4.78 is 41.7. The van der Waals surface area contributed by atoms with Crippen molar-refractivity contribution in [3.63, 3.8) is 0 Å². The van der Waals surface area contributed by atoms with E-state index in [1.165, 1.54) is 24.3 Å². The fourth-order valence-corrected chi connectivity index (χ4v) is 5.02. The SMILES string of the molecule is Cc1[nH]c(/C=C2\C(=O)Nc3cccc(-c4ccc(OC(F)(F)F)cc4)c32)c(C)c1C(=O)N1CCN(C)CC1. The predicted octanol–water partition coefficient (Wildman–Crippen LogP) is 5.08. The Morgan fingerprint density at radius 3 is 2.37 bits per heavy atom. The Labute approximate surface area is 217 Å². The highest BCUT2D eigenvalue weighted by atomic mass is 19.4. The zero-order chi connectivity index (χ0) is 27.2. The number of likely N-dealkylation sites (N-methyl/N-ethyl adjacent to an activating group) is 1. The largest absolute Gasteiger partial charge is 0.573 e.